The largest absolute Gasteiger partial charge is 0.246 e. The molecule has 1 aliphatic rings. The number of fused-ring (bicyclic) bond motifs is 1. The predicted octanol–water partition coefficient (Wildman–Crippen LogP) is 2.42. The Hall–Kier alpha value is -2.19. The molecule has 0 unspecified atom stereocenters. The molecule has 0 fully saturated rings. The van der Waals surface area contributed by atoms with Crippen molar-refractivity contribution in [3.8, 4) is 6.07 Å². The Balaban J connectivity index is 1.92. The van der Waals surface area contributed by atoms with Gasteiger partial charge in [-0.25, -0.2) is 13.4 Å². The molecule has 0 radical (unpaired) electrons. The van der Waals surface area contributed by atoms with Gasteiger partial charge < -0.3 is 0 Å². The molecule has 1 aromatic heterocycles. The quantitative estimate of drug-likeness (QED) is 0.872. The van der Waals surface area contributed by atoms with Crippen LogP contribution in [0.5, 0.6) is 0 Å². The number of rotatable bonds is 3. The van der Waals surface area contributed by atoms with Gasteiger partial charge in [-0.05, 0) is 60.2 Å². The third-order valence-corrected chi connectivity index (χ3v) is 5.41. The Morgan fingerprint density at radius 3 is 2.76 bits per heavy atom. The summed E-state index contributed by atoms with van der Waals surface area (Å²) in [6.07, 6.45) is 4.54. The van der Waals surface area contributed by atoms with Crippen molar-refractivity contribution in [3.05, 3.63) is 58.9 Å². The van der Waals surface area contributed by atoms with Crippen LogP contribution in [0.3, 0.4) is 0 Å². The van der Waals surface area contributed by atoms with E-state index in [2.05, 4.69) is 4.98 Å². The van der Waals surface area contributed by atoms with E-state index in [1.807, 2.05) is 12.1 Å². The summed E-state index contributed by atoms with van der Waals surface area (Å²) < 4.78 is 25.0. The third-order valence-electron chi connectivity index (χ3n) is 3.72. The zero-order valence-corrected chi connectivity index (χ0v) is 12.2. The van der Waals surface area contributed by atoms with E-state index in [1.54, 1.807) is 18.2 Å². The molecule has 0 saturated carbocycles. The van der Waals surface area contributed by atoms with Crippen LogP contribution in [-0.2, 0) is 28.4 Å². The number of benzene rings is 1. The number of hydrogen-bond donors (Lipinski definition) is 0. The number of hydrogen-bond acceptors (Lipinski definition) is 4. The average molecular weight is 298 g/mol. The van der Waals surface area contributed by atoms with Crippen molar-refractivity contribution in [1.29, 1.82) is 5.26 Å². The van der Waals surface area contributed by atoms with Gasteiger partial charge in [-0.1, -0.05) is 6.07 Å². The first-order chi connectivity index (χ1) is 10.1. The van der Waals surface area contributed by atoms with E-state index in [0.717, 1.165) is 24.8 Å². The highest BCUT2D eigenvalue weighted by Crippen LogP contribution is 2.26. The van der Waals surface area contributed by atoms with Crippen LogP contribution in [0.1, 0.15) is 28.8 Å². The number of aromatic nitrogens is 1. The molecule has 0 atom stereocenters. The highest BCUT2D eigenvalue weighted by Gasteiger charge is 2.19. The second-order valence-electron chi connectivity index (χ2n) is 5.20. The van der Waals surface area contributed by atoms with Crippen LogP contribution in [-0.4, -0.2) is 13.4 Å². The zero-order valence-electron chi connectivity index (χ0n) is 11.4. The summed E-state index contributed by atoms with van der Waals surface area (Å²) in [6.45, 7) is 0. The van der Waals surface area contributed by atoms with Gasteiger partial charge in [-0.3, -0.25) is 0 Å². The van der Waals surface area contributed by atoms with Crippen molar-refractivity contribution >= 4 is 9.84 Å². The van der Waals surface area contributed by atoms with Gasteiger partial charge in [0.15, 0.2) is 9.84 Å². The Kier molecular flexibility index (Phi) is 3.48. The van der Waals surface area contributed by atoms with Gasteiger partial charge in [-0.2, -0.15) is 5.26 Å². The van der Waals surface area contributed by atoms with Gasteiger partial charge in [0, 0.05) is 6.20 Å². The number of nitriles is 1. The van der Waals surface area contributed by atoms with Crippen LogP contribution in [0.4, 0.5) is 0 Å². The smallest absolute Gasteiger partial charge is 0.182 e. The molecule has 1 aliphatic carbocycles. The topological polar surface area (TPSA) is 70.8 Å². The molecule has 0 bridgehead atoms. The minimum absolute atomic E-state index is 0.108. The van der Waals surface area contributed by atoms with Crippen LogP contribution in [0.25, 0.3) is 0 Å². The number of nitrogens with zero attached hydrogens (tertiary/aromatic N) is 2. The maximum Gasteiger partial charge on any atom is 0.182 e. The molecule has 0 amide bonds. The molecule has 0 N–H and O–H groups in total. The predicted molar refractivity (Wildman–Crippen MR) is 78.3 cm³/mol. The molecule has 0 aliphatic heterocycles. The van der Waals surface area contributed by atoms with Gasteiger partial charge >= 0.3 is 0 Å². The Bertz CT molecular complexity index is 836. The minimum Gasteiger partial charge on any atom is -0.246 e. The second-order valence-corrected chi connectivity index (χ2v) is 7.19. The van der Waals surface area contributed by atoms with Gasteiger partial charge in [-0.15, -0.1) is 0 Å². The van der Waals surface area contributed by atoms with Crippen LogP contribution in [0.2, 0.25) is 0 Å². The van der Waals surface area contributed by atoms with Crippen LogP contribution in [0.15, 0.2) is 41.4 Å². The van der Waals surface area contributed by atoms with E-state index >= 15 is 0 Å². The normalized spacial score (nSPS) is 13.7. The van der Waals surface area contributed by atoms with Crippen molar-refractivity contribution in [2.24, 2.45) is 0 Å². The van der Waals surface area contributed by atoms with Crippen molar-refractivity contribution in [1.82, 2.24) is 4.98 Å². The highest BCUT2D eigenvalue weighted by molar-refractivity contribution is 7.90. The maximum absolute atomic E-state index is 12.5. The molecule has 21 heavy (non-hydrogen) atoms. The molecule has 1 aromatic carbocycles. The van der Waals surface area contributed by atoms with Crippen molar-refractivity contribution in [3.63, 3.8) is 0 Å². The summed E-state index contributed by atoms with van der Waals surface area (Å²) in [5, 5.41) is 8.82. The van der Waals surface area contributed by atoms with Crippen LogP contribution >= 0.6 is 0 Å². The monoisotopic (exact) mass is 298 g/mol. The summed E-state index contributed by atoms with van der Waals surface area (Å²) in [5.74, 6) is -0.108. The molecule has 1 heterocycles. The fourth-order valence-electron chi connectivity index (χ4n) is 2.67. The first kappa shape index (κ1) is 13.8. The summed E-state index contributed by atoms with van der Waals surface area (Å²) >= 11 is 0. The molecule has 4 nitrogen and oxygen atoms in total. The number of sulfone groups is 1. The molecule has 0 spiro atoms. The van der Waals surface area contributed by atoms with Gasteiger partial charge in [0.2, 0.25) is 0 Å². The minimum atomic E-state index is -3.40. The van der Waals surface area contributed by atoms with E-state index in [9.17, 15) is 8.42 Å². The summed E-state index contributed by atoms with van der Waals surface area (Å²) in [7, 11) is -3.40. The molecule has 106 valence electrons. The number of aryl methyl sites for hydroxylation is 2. The fraction of sp³-hybridized carbons (Fsp3) is 0.250. The standard InChI is InChI=1S/C16H14N2O2S/c17-10-15-8-12(6-7-18-15)11-21(19,20)16-5-4-13-2-1-3-14(13)9-16/h4-9H,1-3,11H2. The first-order valence-electron chi connectivity index (χ1n) is 6.78. The molecular weight excluding hydrogens is 284 g/mol. The second kappa shape index (κ2) is 5.30. The average Bonchev–Trinajstić information content (AvgIpc) is 2.94. The lowest BCUT2D eigenvalue weighted by atomic mass is 10.1. The van der Waals surface area contributed by atoms with Crippen molar-refractivity contribution in [2.45, 2.75) is 29.9 Å². The van der Waals surface area contributed by atoms with Crippen LogP contribution < -0.4 is 0 Å². The van der Waals surface area contributed by atoms with Gasteiger partial charge in [0.25, 0.3) is 0 Å². The summed E-state index contributed by atoms with van der Waals surface area (Å²) in [4.78, 5) is 4.21. The van der Waals surface area contributed by atoms with Gasteiger partial charge in [0.1, 0.15) is 11.8 Å². The lowest BCUT2D eigenvalue weighted by molar-refractivity contribution is 0.595. The molecular formula is C16H14N2O2S. The molecule has 5 heteroatoms. The molecule has 2 aromatic rings. The van der Waals surface area contributed by atoms with E-state index in [1.165, 1.54) is 17.8 Å². The van der Waals surface area contributed by atoms with E-state index in [-0.39, 0.29) is 11.4 Å². The van der Waals surface area contributed by atoms with E-state index < -0.39 is 9.84 Å². The SMILES string of the molecule is N#Cc1cc(CS(=O)(=O)c2ccc3c(c2)CCC3)ccn1. The molecule has 0 saturated heterocycles. The third kappa shape index (κ3) is 2.81. The summed E-state index contributed by atoms with van der Waals surface area (Å²) in [6, 6.07) is 10.5. The van der Waals surface area contributed by atoms with Gasteiger partial charge in [0.05, 0.1) is 10.6 Å². The molecule has 3 rings (SSSR count). The van der Waals surface area contributed by atoms with Crippen molar-refractivity contribution in [2.75, 3.05) is 0 Å². The Morgan fingerprint density at radius 1 is 1.14 bits per heavy atom. The highest BCUT2D eigenvalue weighted by atomic mass is 32.2. The fourth-order valence-corrected chi connectivity index (χ4v) is 4.05. The lowest BCUT2D eigenvalue weighted by Crippen LogP contribution is -2.06. The maximum atomic E-state index is 12.5. The first-order valence-corrected chi connectivity index (χ1v) is 8.43. The van der Waals surface area contributed by atoms with Crippen LogP contribution in [0, 0.1) is 11.3 Å². The number of pyridine rings is 1. The van der Waals surface area contributed by atoms with E-state index in [0.29, 0.717) is 10.5 Å². The lowest BCUT2D eigenvalue weighted by Gasteiger charge is -2.07. The zero-order chi connectivity index (χ0) is 14.9. The Morgan fingerprint density at radius 2 is 1.95 bits per heavy atom. The van der Waals surface area contributed by atoms with Crippen molar-refractivity contribution < 1.29 is 8.42 Å². The Labute approximate surface area is 124 Å². The summed E-state index contributed by atoms with van der Waals surface area (Å²) in [5.41, 5.74) is 3.21. The van der Waals surface area contributed by atoms with E-state index in [4.69, 9.17) is 5.26 Å².